The summed E-state index contributed by atoms with van der Waals surface area (Å²) in [4.78, 5) is 28.9. The van der Waals surface area contributed by atoms with Gasteiger partial charge in [-0.3, -0.25) is 9.59 Å². The summed E-state index contributed by atoms with van der Waals surface area (Å²) in [5.41, 5.74) is 0. The molecule has 5 heteroatoms. The molecule has 0 spiro atoms. The smallest absolute Gasteiger partial charge is 0.263 e. The highest BCUT2D eigenvalue weighted by Crippen LogP contribution is 2.22. The average Bonchev–Trinajstić information content (AvgIpc) is 2.99. The lowest BCUT2D eigenvalue weighted by Gasteiger charge is -2.34. The fourth-order valence-corrected chi connectivity index (χ4v) is 3.12. The van der Waals surface area contributed by atoms with Crippen molar-refractivity contribution in [3.63, 3.8) is 0 Å². The number of carbonyl (C=O) groups excluding carboxylic acids is 2. The van der Waals surface area contributed by atoms with Crippen LogP contribution in [0.15, 0.2) is 17.5 Å². The molecule has 0 aliphatic carbocycles. The molecule has 1 aromatic rings. The van der Waals surface area contributed by atoms with E-state index in [1.165, 1.54) is 11.3 Å². The fourth-order valence-electron chi connectivity index (χ4n) is 2.43. The van der Waals surface area contributed by atoms with Crippen LogP contribution in [0.5, 0.6) is 0 Å². The number of nitrogens with zero attached hydrogens (tertiary/aromatic N) is 2. The zero-order valence-electron chi connectivity index (χ0n) is 12.3. The Labute approximate surface area is 124 Å². The zero-order valence-corrected chi connectivity index (χ0v) is 13.2. The molecule has 0 bridgehead atoms. The third-order valence-corrected chi connectivity index (χ3v) is 4.84. The summed E-state index contributed by atoms with van der Waals surface area (Å²) >= 11 is 1.47. The summed E-state index contributed by atoms with van der Waals surface area (Å²) < 4.78 is 0. The minimum Gasteiger partial charge on any atom is -0.343 e. The molecule has 2 rings (SSSR count). The lowest BCUT2D eigenvalue weighted by molar-refractivity contribution is -0.137. The van der Waals surface area contributed by atoms with Crippen LogP contribution >= 0.6 is 11.3 Å². The monoisotopic (exact) mass is 294 g/mol. The molecule has 2 heterocycles. The highest BCUT2D eigenvalue weighted by atomic mass is 32.1. The van der Waals surface area contributed by atoms with Crippen LogP contribution in [-0.2, 0) is 4.79 Å². The van der Waals surface area contributed by atoms with Gasteiger partial charge in [-0.05, 0) is 38.1 Å². The largest absolute Gasteiger partial charge is 0.343 e. The molecule has 1 fully saturated rings. The second kappa shape index (κ2) is 6.39. The number of likely N-dealkylation sites (tertiary alicyclic amines) is 1. The molecule has 0 aromatic carbocycles. The van der Waals surface area contributed by atoms with Crippen molar-refractivity contribution in [3.05, 3.63) is 22.4 Å². The third-order valence-electron chi connectivity index (χ3n) is 3.99. The number of amides is 2. The highest BCUT2D eigenvalue weighted by Gasteiger charge is 2.30. The van der Waals surface area contributed by atoms with Gasteiger partial charge in [0.05, 0.1) is 4.88 Å². The van der Waals surface area contributed by atoms with E-state index in [4.69, 9.17) is 0 Å². The van der Waals surface area contributed by atoms with E-state index in [0.717, 1.165) is 17.7 Å². The Morgan fingerprint density at radius 2 is 2.00 bits per heavy atom. The Bertz CT molecular complexity index is 462. The molecule has 1 aliphatic heterocycles. The molecule has 1 aromatic heterocycles. The molecular formula is C15H22N2O2S. The van der Waals surface area contributed by atoms with Gasteiger partial charge < -0.3 is 9.80 Å². The van der Waals surface area contributed by atoms with Crippen molar-refractivity contribution < 1.29 is 9.59 Å². The first-order valence-corrected chi connectivity index (χ1v) is 7.98. The SMILES string of the molecule is CC(C)N(C)C(=O)C1CCN(C(=O)c2cccs2)CC1. The van der Waals surface area contributed by atoms with E-state index in [9.17, 15) is 9.59 Å². The Kier molecular flexibility index (Phi) is 4.81. The van der Waals surface area contributed by atoms with Gasteiger partial charge in [0.1, 0.15) is 0 Å². The summed E-state index contributed by atoms with van der Waals surface area (Å²) in [6, 6.07) is 3.98. The van der Waals surface area contributed by atoms with E-state index in [1.54, 1.807) is 4.90 Å². The van der Waals surface area contributed by atoms with Crippen LogP contribution in [0, 0.1) is 5.92 Å². The summed E-state index contributed by atoms with van der Waals surface area (Å²) in [5.74, 6) is 0.376. The molecule has 0 atom stereocenters. The van der Waals surface area contributed by atoms with Crippen LogP contribution in [-0.4, -0.2) is 47.8 Å². The van der Waals surface area contributed by atoms with Crippen molar-refractivity contribution in [2.75, 3.05) is 20.1 Å². The molecule has 1 saturated heterocycles. The minimum absolute atomic E-state index is 0.0646. The molecule has 20 heavy (non-hydrogen) atoms. The first-order valence-electron chi connectivity index (χ1n) is 7.10. The average molecular weight is 294 g/mol. The van der Waals surface area contributed by atoms with Crippen molar-refractivity contribution >= 4 is 23.2 Å². The van der Waals surface area contributed by atoms with E-state index in [2.05, 4.69) is 0 Å². The van der Waals surface area contributed by atoms with E-state index in [0.29, 0.717) is 13.1 Å². The maximum atomic E-state index is 12.3. The van der Waals surface area contributed by atoms with E-state index >= 15 is 0 Å². The maximum absolute atomic E-state index is 12.3. The quantitative estimate of drug-likeness (QED) is 0.859. The summed E-state index contributed by atoms with van der Waals surface area (Å²) in [6.45, 7) is 5.40. The summed E-state index contributed by atoms with van der Waals surface area (Å²) in [7, 11) is 1.86. The van der Waals surface area contributed by atoms with Crippen LogP contribution in [0.1, 0.15) is 36.4 Å². The fraction of sp³-hybridized carbons (Fsp3) is 0.600. The second-order valence-corrected chi connectivity index (χ2v) is 6.53. The summed E-state index contributed by atoms with van der Waals surface area (Å²) in [6.07, 6.45) is 1.54. The van der Waals surface area contributed by atoms with Gasteiger partial charge in [-0.25, -0.2) is 0 Å². The molecule has 110 valence electrons. The molecule has 0 N–H and O–H groups in total. The van der Waals surface area contributed by atoms with Gasteiger partial charge in [-0.2, -0.15) is 0 Å². The lowest BCUT2D eigenvalue weighted by Crippen LogP contribution is -2.44. The number of piperidine rings is 1. The number of hydrogen-bond acceptors (Lipinski definition) is 3. The van der Waals surface area contributed by atoms with Crippen LogP contribution in [0.25, 0.3) is 0 Å². The van der Waals surface area contributed by atoms with Crippen molar-refractivity contribution in [3.8, 4) is 0 Å². The number of thiophene rings is 1. The zero-order chi connectivity index (χ0) is 14.7. The minimum atomic E-state index is 0.0646. The first-order chi connectivity index (χ1) is 9.50. The Hall–Kier alpha value is -1.36. The number of carbonyl (C=O) groups is 2. The van der Waals surface area contributed by atoms with E-state index < -0.39 is 0 Å². The van der Waals surface area contributed by atoms with Crippen molar-refractivity contribution in [2.45, 2.75) is 32.7 Å². The Morgan fingerprint density at radius 3 is 2.50 bits per heavy atom. The molecule has 0 radical (unpaired) electrons. The van der Waals surface area contributed by atoms with Gasteiger partial charge in [-0.15, -0.1) is 11.3 Å². The van der Waals surface area contributed by atoms with Crippen molar-refractivity contribution in [1.82, 2.24) is 9.80 Å². The van der Waals surface area contributed by atoms with Gasteiger partial charge in [0.15, 0.2) is 0 Å². The van der Waals surface area contributed by atoms with Gasteiger partial charge in [0.25, 0.3) is 5.91 Å². The normalized spacial score (nSPS) is 16.5. The van der Waals surface area contributed by atoms with Gasteiger partial charge in [0, 0.05) is 32.1 Å². The first kappa shape index (κ1) is 15.0. The van der Waals surface area contributed by atoms with E-state index in [-0.39, 0.29) is 23.8 Å². The van der Waals surface area contributed by atoms with Crippen LogP contribution < -0.4 is 0 Å². The molecule has 0 saturated carbocycles. The maximum Gasteiger partial charge on any atom is 0.263 e. The van der Waals surface area contributed by atoms with Gasteiger partial charge in [-0.1, -0.05) is 6.07 Å². The van der Waals surface area contributed by atoms with Crippen molar-refractivity contribution in [2.24, 2.45) is 5.92 Å². The standard InChI is InChI=1S/C15H22N2O2S/c1-11(2)16(3)14(18)12-6-8-17(9-7-12)15(19)13-5-4-10-20-13/h4-5,10-12H,6-9H2,1-3H3. The lowest BCUT2D eigenvalue weighted by atomic mass is 9.95. The molecule has 0 unspecified atom stereocenters. The van der Waals surface area contributed by atoms with Gasteiger partial charge in [0.2, 0.25) is 5.91 Å². The third kappa shape index (κ3) is 3.20. The Balaban J connectivity index is 1.89. The number of rotatable bonds is 3. The van der Waals surface area contributed by atoms with Crippen molar-refractivity contribution in [1.29, 1.82) is 0 Å². The number of hydrogen-bond donors (Lipinski definition) is 0. The van der Waals surface area contributed by atoms with E-state index in [1.807, 2.05) is 43.3 Å². The summed E-state index contributed by atoms with van der Waals surface area (Å²) in [5, 5.41) is 1.92. The van der Waals surface area contributed by atoms with Crippen LogP contribution in [0.4, 0.5) is 0 Å². The Morgan fingerprint density at radius 1 is 1.35 bits per heavy atom. The highest BCUT2D eigenvalue weighted by molar-refractivity contribution is 7.12. The predicted octanol–water partition coefficient (Wildman–Crippen LogP) is 2.47. The van der Waals surface area contributed by atoms with Gasteiger partial charge >= 0.3 is 0 Å². The van der Waals surface area contributed by atoms with Crippen LogP contribution in [0.3, 0.4) is 0 Å². The molecular weight excluding hydrogens is 272 g/mol. The predicted molar refractivity (Wildman–Crippen MR) is 80.9 cm³/mol. The second-order valence-electron chi connectivity index (χ2n) is 5.59. The molecule has 2 amide bonds. The molecule has 1 aliphatic rings. The van der Waals surface area contributed by atoms with Crippen LogP contribution in [0.2, 0.25) is 0 Å². The molecule has 4 nitrogen and oxygen atoms in total. The topological polar surface area (TPSA) is 40.6 Å².